The summed E-state index contributed by atoms with van der Waals surface area (Å²) in [6.45, 7) is 4.37. The number of amides is 1. The number of carbonyl (C=O) groups excluding carboxylic acids is 1. The number of aryl methyl sites for hydroxylation is 1. The second-order valence-electron chi connectivity index (χ2n) is 7.01. The lowest BCUT2D eigenvalue weighted by Crippen LogP contribution is -2.31. The molecule has 0 atom stereocenters. The second kappa shape index (κ2) is 7.62. The van der Waals surface area contributed by atoms with E-state index in [1.54, 1.807) is 6.20 Å². The van der Waals surface area contributed by atoms with Gasteiger partial charge in [-0.05, 0) is 42.2 Å². The Bertz CT molecular complexity index is 967. The van der Waals surface area contributed by atoms with E-state index in [1.165, 1.54) is 16.7 Å². The minimum absolute atomic E-state index is 0.143. The summed E-state index contributed by atoms with van der Waals surface area (Å²) >= 11 is 0. The molecule has 0 aliphatic carbocycles. The number of anilines is 1. The van der Waals surface area contributed by atoms with Crippen molar-refractivity contribution < 1.29 is 4.79 Å². The summed E-state index contributed by atoms with van der Waals surface area (Å²) in [5, 5.41) is 2.97. The molecule has 1 aliphatic rings. The summed E-state index contributed by atoms with van der Waals surface area (Å²) in [4.78, 5) is 19.1. The zero-order valence-corrected chi connectivity index (χ0v) is 15.5. The number of benzene rings is 2. The molecule has 0 saturated carbocycles. The Kier molecular flexibility index (Phi) is 4.88. The minimum atomic E-state index is -0.143. The maximum absolute atomic E-state index is 12.5. The molecule has 1 aromatic heterocycles. The van der Waals surface area contributed by atoms with Gasteiger partial charge >= 0.3 is 0 Å². The first-order valence-corrected chi connectivity index (χ1v) is 9.30. The molecule has 4 nitrogen and oxygen atoms in total. The standard InChI is InChI=1S/C23H23N3O/c1-17-5-4-6-18(13-17)15-25-23(27)22-14-21(9-11-24-22)26-12-10-19-7-2-3-8-20(19)16-26/h2-9,11,13-14H,10,12,15-16H2,1H3,(H,25,27). The first-order valence-electron chi connectivity index (χ1n) is 9.30. The first-order chi connectivity index (χ1) is 13.2. The van der Waals surface area contributed by atoms with E-state index in [-0.39, 0.29) is 5.91 Å². The number of nitrogens with one attached hydrogen (secondary N) is 1. The van der Waals surface area contributed by atoms with Crippen LogP contribution in [0.2, 0.25) is 0 Å². The summed E-state index contributed by atoms with van der Waals surface area (Å²) in [5.41, 5.74) is 6.54. The van der Waals surface area contributed by atoms with Gasteiger partial charge in [0.15, 0.2) is 0 Å². The average Bonchev–Trinajstić information content (AvgIpc) is 2.72. The molecule has 0 unspecified atom stereocenters. The fraction of sp³-hybridized carbons (Fsp3) is 0.217. The van der Waals surface area contributed by atoms with Crippen molar-refractivity contribution in [3.05, 3.63) is 94.8 Å². The number of aromatic nitrogens is 1. The first kappa shape index (κ1) is 17.3. The van der Waals surface area contributed by atoms with E-state index >= 15 is 0 Å². The van der Waals surface area contributed by atoms with Crippen LogP contribution in [0.15, 0.2) is 66.9 Å². The second-order valence-corrected chi connectivity index (χ2v) is 7.01. The smallest absolute Gasteiger partial charge is 0.270 e. The maximum atomic E-state index is 12.5. The Hall–Kier alpha value is -3.14. The van der Waals surface area contributed by atoms with Crippen molar-refractivity contribution in [1.82, 2.24) is 10.3 Å². The molecule has 2 aromatic carbocycles. The zero-order valence-electron chi connectivity index (χ0n) is 15.5. The number of fused-ring (bicyclic) bond motifs is 1. The quantitative estimate of drug-likeness (QED) is 0.771. The van der Waals surface area contributed by atoms with Crippen LogP contribution in [-0.4, -0.2) is 17.4 Å². The predicted octanol–water partition coefficient (Wildman–Crippen LogP) is 3.88. The summed E-state index contributed by atoms with van der Waals surface area (Å²) in [6, 6.07) is 20.6. The van der Waals surface area contributed by atoms with E-state index in [2.05, 4.69) is 45.5 Å². The van der Waals surface area contributed by atoms with Gasteiger partial charge in [-0.2, -0.15) is 0 Å². The van der Waals surface area contributed by atoms with Crippen LogP contribution >= 0.6 is 0 Å². The SMILES string of the molecule is Cc1cccc(CNC(=O)c2cc(N3CCc4ccccc4C3)ccn2)c1. The highest BCUT2D eigenvalue weighted by Crippen LogP contribution is 2.24. The molecule has 0 radical (unpaired) electrons. The lowest BCUT2D eigenvalue weighted by Gasteiger charge is -2.30. The van der Waals surface area contributed by atoms with Gasteiger partial charge in [0.2, 0.25) is 0 Å². The predicted molar refractivity (Wildman–Crippen MR) is 108 cm³/mol. The third-order valence-electron chi connectivity index (χ3n) is 5.01. The summed E-state index contributed by atoms with van der Waals surface area (Å²) in [5.74, 6) is -0.143. The highest BCUT2D eigenvalue weighted by molar-refractivity contribution is 5.93. The van der Waals surface area contributed by atoms with E-state index < -0.39 is 0 Å². The Morgan fingerprint density at radius 2 is 1.93 bits per heavy atom. The van der Waals surface area contributed by atoms with Crippen LogP contribution in [0.25, 0.3) is 0 Å². The number of carbonyl (C=O) groups is 1. The zero-order chi connectivity index (χ0) is 18.6. The molecule has 27 heavy (non-hydrogen) atoms. The fourth-order valence-electron chi connectivity index (χ4n) is 3.55. The van der Waals surface area contributed by atoms with Crippen LogP contribution in [0.4, 0.5) is 5.69 Å². The van der Waals surface area contributed by atoms with Crippen molar-refractivity contribution in [2.24, 2.45) is 0 Å². The molecule has 1 amide bonds. The molecule has 0 bridgehead atoms. The van der Waals surface area contributed by atoms with Crippen LogP contribution in [0.3, 0.4) is 0 Å². The van der Waals surface area contributed by atoms with Gasteiger partial charge in [0.1, 0.15) is 5.69 Å². The van der Waals surface area contributed by atoms with Gasteiger partial charge in [-0.15, -0.1) is 0 Å². The minimum Gasteiger partial charge on any atom is -0.367 e. The van der Waals surface area contributed by atoms with Crippen LogP contribution in [0, 0.1) is 6.92 Å². The third-order valence-corrected chi connectivity index (χ3v) is 5.01. The van der Waals surface area contributed by atoms with Gasteiger partial charge in [-0.1, -0.05) is 54.1 Å². The number of hydrogen-bond donors (Lipinski definition) is 1. The van der Waals surface area contributed by atoms with E-state index in [1.807, 2.05) is 37.3 Å². The number of nitrogens with zero attached hydrogens (tertiary/aromatic N) is 2. The number of pyridine rings is 1. The van der Waals surface area contributed by atoms with Crippen LogP contribution in [0.5, 0.6) is 0 Å². The van der Waals surface area contributed by atoms with E-state index in [0.29, 0.717) is 12.2 Å². The van der Waals surface area contributed by atoms with E-state index in [4.69, 9.17) is 0 Å². The molecule has 136 valence electrons. The van der Waals surface area contributed by atoms with Gasteiger partial charge in [0.25, 0.3) is 5.91 Å². The van der Waals surface area contributed by atoms with Crippen molar-refractivity contribution in [1.29, 1.82) is 0 Å². The molecule has 1 N–H and O–H groups in total. The average molecular weight is 357 g/mol. The Morgan fingerprint density at radius 3 is 2.78 bits per heavy atom. The molecular formula is C23H23N3O. The highest BCUT2D eigenvalue weighted by atomic mass is 16.1. The topological polar surface area (TPSA) is 45.2 Å². The van der Waals surface area contributed by atoms with Crippen molar-refractivity contribution in [3.63, 3.8) is 0 Å². The monoisotopic (exact) mass is 357 g/mol. The van der Waals surface area contributed by atoms with Crippen molar-refractivity contribution in [2.45, 2.75) is 26.4 Å². The molecule has 0 fully saturated rings. The summed E-state index contributed by atoms with van der Waals surface area (Å²) in [7, 11) is 0. The van der Waals surface area contributed by atoms with E-state index in [0.717, 1.165) is 30.8 Å². The molecular weight excluding hydrogens is 334 g/mol. The van der Waals surface area contributed by atoms with Gasteiger partial charge < -0.3 is 10.2 Å². The van der Waals surface area contributed by atoms with Crippen LogP contribution in [-0.2, 0) is 19.5 Å². The van der Waals surface area contributed by atoms with Gasteiger partial charge in [-0.3, -0.25) is 9.78 Å². The molecule has 3 aromatic rings. The summed E-state index contributed by atoms with van der Waals surface area (Å²) < 4.78 is 0. The Labute approximate surface area is 159 Å². The molecule has 1 aliphatic heterocycles. The van der Waals surface area contributed by atoms with Crippen molar-refractivity contribution in [2.75, 3.05) is 11.4 Å². The molecule has 0 saturated heterocycles. The maximum Gasteiger partial charge on any atom is 0.270 e. The molecule has 2 heterocycles. The van der Waals surface area contributed by atoms with Crippen LogP contribution < -0.4 is 10.2 Å². The number of hydrogen-bond acceptors (Lipinski definition) is 3. The van der Waals surface area contributed by atoms with Gasteiger partial charge in [0, 0.05) is 31.5 Å². The fourth-order valence-corrected chi connectivity index (χ4v) is 3.55. The Balaban J connectivity index is 1.45. The van der Waals surface area contributed by atoms with Gasteiger partial charge in [0.05, 0.1) is 0 Å². The van der Waals surface area contributed by atoms with Crippen molar-refractivity contribution >= 4 is 11.6 Å². The molecule has 0 spiro atoms. The van der Waals surface area contributed by atoms with Crippen LogP contribution in [0.1, 0.15) is 32.7 Å². The van der Waals surface area contributed by atoms with E-state index in [9.17, 15) is 4.79 Å². The lowest BCUT2D eigenvalue weighted by molar-refractivity contribution is 0.0946. The third kappa shape index (κ3) is 4.00. The number of rotatable bonds is 4. The Morgan fingerprint density at radius 1 is 1.07 bits per heavy atom. The van der Waals surface area contributed by atoms with Gasteiger partial charge in [-0.25, -0.2) is 0 Å². The largest absolute Gasteiger partial charge is 0.367 e. The summed E-state index contributed by atoms with van der Waals surface area (Å²) in [6.07, 6.45) is 2.74. The lowest BCUT2D eigenvalue weighted by atomic mass is 9.99. The molecule has 4 heteroatoms. The normalized spacial score (nSPS) is 13.1. The highest BCUT2D eigenvalue weighted by Gasteiger charge is 2.17. The van der Waals surface area contributed by atoms with Crippen molar-refractivity contribution in [3.8, 4) is 0 Å². The molecule has 4 rings (SSSR count).